The molecule has 0 saturated carbocycles. The van der Waals surface area contributed by atoms with Crippen LogP contribution in [-0.4, -0.2) is 88.5 Å². The van der Waals surface area contributed by atoms with Gasteiger partial charge in [-0.15, -0.1) is 0 Å². The van der Waals surface area contributed by atoms with Crippen LogP contribution in [-0.2, 0) is 9.53 Å². The van der Waals surface area contributed by atoms with Crippen LogP contribution in [0.1, 0.15) is 17.3 Å². The van der Waals surface area contributed by atoms with E-state index in [1.165, 1.54) is 12.3 Å². The van der Waals surface area contributed by atoms with Crippen LogP contribution < -0.4 is 4.90 Å². The Labute approximate surface area is 179 Å². The van der Waals surface area contributed by atoms with Crippen molar-refractivity contribution in [3.05, 3.63) is 48.3 Å². The number of hydrogen-bond donors (Lipinski definition) is 0. The molecular weight excluding hydrogens is 403 g/mol. The Balaban J connectivity index is 1.55. The van der Waals surface area contributed by atoms with Gasteiger partial charge in [0.05, 0.1) is 12.5 Å². The lowest BCUT2D eigenvalue weighted by atomic mass is 10.1. The molecule has 2 aliphatic heterocycles. The third-order valence-electron chi connectivity index (χ3n) is 5.65. The van der Waals surface area contributed by atoms with Crippen LogP contribution in [0.2, 0.25) is 0 Å². The number of aromatic nitrogens is 3. The maximum absolute atomic E-state index is 13.5. The predicted molar refractivity (Wildman–Crippen MR) is 110 cm³/mol. The molecule has 0 bridgehead atoms. The second kappa shape index (κ2) is 9.34. The van der Waals surface area contributed by atoms with E-state index in [1.54, 1.807) is 30.3 Å². The summed E-state index contributed by atoms with van der Waals surface area (Å²) in [4.78, 5) is 43.6. The van der Waals surface area contributed by atoms with Gasteiger partial charge in [0, 0.05) is 75.5 Å². The molecule has 2 fully saturated rings. The summed E-state index contributed by atoms with van der Waals surface area (Å²) >= 11 is 0. The van der Waals surface area contributed by atoms with Crippen molar-refractivity contribution in [2.45, 2.75) is 13.0 Å². The number of piperazine rings is 1. The molecule has 2 aromatic rings. The lowest BCUT2D eigenvalue weighted by molar-refractivity contribution is -0.148. The monoisotopic (exact) mass is 428 g/mol. The molecule has 2 atom stereocenters. The highest BCUT2D eigenvalue weighted by molar-refractivity contribution is 5.94. The van der Waals surface area contributed by atoms with Crippen molar-refractivity contribution < 1.29 is 18.7 Å². The molecule has 4 heterocycles. The van der Waals surface area contributed by atoms with Gasteiger partial charge in [0.1, 0.15) is 0 Å². The largest absolute Gasteiger partial charge is 0.466 e. The Kier molecular flexibility index (Phi) is 6.36. The molecule has 0 aromatic carbocycles. The van der Waals surface area contributed by atoms with Crippen LogP contribution in [0, 0.1) is 11.9 Å². The van der Waals surface area contributed by atoms with Crippen LogP contribution >= 0.6 is 0 Å². The van der Waals surface area contributed by atoms with Crippen LogP contribution in [0.25, 0.3) is 0 Å². The number of halogens is 1. The molecule has 0 N–H and O–H groups in total. The predicted octanol–water partition coefficient (Wildman–Crippen LogP) is 0.837. The molecule has 164 valence electrons. The zero-order chi connectivity index (χ0) is 21.8. The fourth-order valence-corrected chi connectivity index (χ4v) is 4.17. The average Bonchev–Trinajstić information content (AvgIpc) is 2.98. The van der Waals surface area contributed by atoms with E-state index < -0.39 is 5.95 Å². The van der Waals surface area contributed by atoms with Gasteiger partial charge in [-0.05, 0) is 19.1 Å². The third kappa shape index (κ3) is 4.79. The number of carbonyl (C=O) groups excluding carboxylic acids is 2. The molecule has 9 nitrogen and oxygen atoms in total. The van der Waals surface area contributed by atoms with E-state index in [2.05, 4.69) is 19.9 Å². The topological polar surface area (TPSA) is 91.8 Å². The van der Waals surface area contributed by atoms with Crippen molar-refractivity contribution in [3.63, 3.8) is 0 Å². The Morgan fingerprint density at radius 3 is 2.65 bits per heavy atom. The summed E-state index contributed by atoms with van der Waals surface area (Å²) in [5.74, 6) is -0.947. The Morgan fingerprint density at radius 1 is 1.10 bits per heavy atom. The van der Waals surface area contributed by atoms with Crippen LogP contribution in [0.5, 0.6) is 0 Å². The van der Waals surface area contributed by atoms with Gasteiger partial charge in [0.2, 0.25) is 11.9 Å². The minimum Gasteiger partial charge on any atom is -0.466 e. The maximum atomic E-state index is 13.5. The highest BCUT2D eigenvalue weighted by Gasteiger charge is 2.38. The van der Waals surface area contributed by atoms with E-state index in [9.17, 15) is 14.0 Å². The fourth-order valence-electron chi connectivity index (χ4n) is 4.17. The van der Waals surface area contributed by atoms with Gasteiger partial charge < -0.3 is 14.5 Å². The van der Waals surface area contributed by atoms with Crippen molar-refractivity contribution in [3.8, 4) is 0 Å². The highest BCUT2D eigenvalue weighted by Crippen LogP contribution is 2.23. The van der Waals surface area contributed by atoms with E-state index in [0.29, 0.717) is 51.8 Å². The number of ether oxygens (including phenoxy) is 1. The molecule has 0 unspecified atom stereocenters. The Hall–Kier alpha value is -3.14. The number of carbonyl (C=O) groups is 2. The minimum atomic E-state index is -0.677. The van der Waals surface area contributed by atoms with Gasteiger partial charge in [-0.2, -0.15) is 4.39 Å². The molecule has 1 amide bonds. The van der Waals surface area contributed by atoms with E-state index >= 15 is 0 Å². The fraction of sp³-hybridized carbons (Fsp3) is 0.476. The normalized spacial score (nSPS) is 21.9. The molecule has 0 radical (unpaired) electrons. The van der Waals surface area contributed by atoms with Crippen molar-refractivity contribution in [1.82, 2.24) is 24.8 Å². The summed E-state index contributed by atoms with van der Waals surface area (Å²) in [5, 5.41) is 0. The summed E-state index contributed by atoms with van der Waals surface area (Å²) in [5.41, 5.74) is 0.280. The molecule has 31 heavy (non-hydrogen) atoms. The first-order valence-electron chi connectivity index (χ1n) is 10.4. The number of anilines is 1. The SMILES string of the molecule is CCOC(=O)[C@H]1CN(c2ncccn2)C[C@@H]2CN(C(=O)c3ccnc(F)c3)CCN2C1. The van der Waals surface area contributed by atoms with Gasteiger partial charge in [0.25, 0.3) is 5.91 Å². The zero-order valence-electron chi connectivity index (χ0n) is 17.4. The third-order valence-corrected chi connectivity index (χ3v) is 5.65. The van der Waals surface area contributed by atoms with Gasteiger partial charge in [-0.25, -0.2) is 15.0 Å². The number of nitrogens with zero attached hydrogens (tertiary/aromatic N) is 6. The van der Waals surface area contributed by atoms with Crippen molar-refractivity contribution in [2.24, 2.45) is 5.92 Å². The van der Waals surface area contributed by atoms with Crippen LogP contribution in [0.15, 0.2) is 36.8 Å². The second-order valence-electron chi connectivity index (χ2n) is 7.67. The summed E-state index contributed by atoms with van der Waals surface area (Å²) < 4.78 is 18.8. The van der Waals surface area contributed by atoms with Crippen LogP contribution in [0.3, 0.4) is 0 Å². The number of rotatable bonds is 4. The van der Waals surface area contributed by atoms with E-state index in [1.807, 2.05) is 4.90 Å². The molecule has 0 spiro atoms. The number of pyridine rings is 1. The van der Waals surface area contributed by atoms with Gasteiger partial charge in [-0.1, -0.05) is 0 Å². The lowest BCUT2D eigenvalue weighted by Gasteiger charge is -2.41. The first-order valence-corrected chi connectivity index (χ1v) is 10.4. The molecule has 10 heteroatoms. The average molecular weight is 428 g/mol. The molecule has 4 rings (SSSR count). The van der Waals surface area contributed by atoms with Crippen molar-refractivity contribution >= 4 is 17.8 Å². The molecular formula is C21H25FN6O3. The summed E-state index contributed by atoms with van der Waals surface area (Å²) in [6.45, 7) is 5.24. The minimum absolute atomic E-state index is 0.0207. The first-order chi connectivity index (χ1) is 15.0. The smallest absolute Gasteiger partial charge is 0.312 e. The molecule has 0 aliphatic carbocycles. The van der Waals surface area contributed by atoms with E-state index in [0.717, 1.165) is 6.07 Å². The number of fused-ring (bicyclic) bond motifs is 1. The van der Waals surface area contributed by atoms with E-state index in [-0.39, 0.29) is 29.4 Å². The first kappa shape index (κ1) is 21.1. The van der Waals surface area contributed by atoms with Gasteiger partial charge in [-0.3, -0.25) is 14.5 Å². The summed E-state index contributed by atoms with van der Waals surface area (Å²) in [6.07, 6.45) is 4.63. The van der Waals surface area contributed by atoms with Crippen LogP contribution in [0.4, 0.5) is 10.3 Å². The maximum Gasteiger partial charge on any atom is 0.312 e. The van der Waals surface area contributed by atoms with Gasteiger partial charge >= 0.3 is 5.97 Å². The Morgan fingerprint density at radius 2 is 1.90 bits per heavy atom. The highest BCUT2D eigenvalue weighted by atomic mass is 19.1. The lowest BCUT2D eigenvalue weighted by Crippen LogP contribution is -2.57. The summed E-state index contributed by atoms with van der Waals surface area (Å²) in [6, 6.07) is 4.40. The standard InChI is InChI=1S/C21H25FN6O3/c1-2-31-20(30)16-11-26-8-9-27(19(29)15-4-7-23-18(22)10-15)13-17(26)14-28(12-16)21-24-5-3-6-25-21/h3-7,10,16-17H,2,8-9,11-14H2,1H3/t16-,17+/m1/s1. The number of hydrogen-bond acceptors (Lipinski definition) is 8. The van der Waals surface area contributed by atoms with Gasteiger partial charge in [0.15, 0.2) is 0 Å². The molecule has 2 saturated heterocycles. The van der Waals surface area contributed by atoms with Crippen molar-refractivity contribution in [1.29, 1.82) is 0 Å². The van der Waals surface area contributed by atoms with E-state index in [4.69, 9.17) is 4.74 Å². The molecule has 2 aliphatic rings. The van der Waals surface area contributed by atoms with Crippen molar-refractivity contribution in [2.75, 3.05) is 50.8 Å². The zero-order valence-corrected chi connectivity index (χ0v) is 17.4. The molecule has 2 aromatic heterocycles. The number of amides is 1. The Bertz CT molecular complexity index is 930. The summed E-state index contributed by atoms with van der Waals surface area (Å²) in [7, 11) is 0. The number of esters is 1. The quantitative estimate of drug-likeness (QED) is 0.523. The second-order valence-corrected chi connectivity index (χ2v) is 7.67.